The summed E-state index contributed by atoms with van der Waals surface area (Å²) in [5, 5.41) is 0. The minimum atomic E-state index is 0.265. The number of hydrogen-bond acceptors (Lipinski definition) is 3. The molecule has 0 radical (unpaired) electrons. The second kappa shape index (κ2) is 7.32. The molecule has 0 spiro atoms. The topological polar surface area (TPSA) is 44.5 Å². The van der Waals surface area contributed by atoms with Gasteiger partial charge in [-0.05, 0) is 61.7 Å². The van der Waals surface area contributed by atoms with E-state index in [4.69, 9.17) is 15.2 Å². The van der Waals surface area contributed by atoms with Crippen LogP contribution in [0.15, 0.2) is 36.4 Å². The van der Waals surface area contributed by atoms with Crippen LogP contribution in [-0.2, 0) is 6.42 Å². The van der Waals surface area contributed by atoms with Crippen LogP contribution in [0.25, 0.3) is 0 Å². The summed E-state index contributed by atoms with van der Waals surface area (Å²) in [7, 11) is 3.37. The average Bonchev–Trinajstić information content (AvgIpc) is 2.54. The van der Waals surface area contributed by atoms with Gasteiger partial charge in [0, 0.05) is 5.92 Å². The van der Waals surface area contributed by atoms with E-state index in [2.05, 4.69) is 32.0 Å². The number of nitrogens with two attached hydrogens (primary N) is 1. The Balaban J connectivity index is 2.36. The molecule has 118 valence electrons. The molecule has 0 amide bonds. The molecule has 0 saturated carbocycles. The molecular weight excluding hydrogens is 274 g/mol. The third kappa shape index (κ3) is 3.60. The Morgan fingerprint density at radius 3 is 2.41 bits per heavy atom. The van der Waals surface area contributed by atoms with Crippen molar-refractivity contribution in [2.24, 2.45) is 5.73 Å². The molecular formula is C19H25NO2. The van der Waals surface area contributed by atoms with Gasteiger partial charge < -0.3 is 15.2 Å². The molecule has 0 aromatic heterocycles. The van der Waals surface area contributed by atoms with Crippen LogP contribution >= 0.6 is 0 Å². The molecule has 3 heteroatoms. The summed E-state index contributed by atoms with van der Waals surface area (Å²) in [5.74, 6) is 1.98. The molecule has 2 aromatic carbocycles. The molecule has 2 N–H and O–H groups in total. The van der Waals surface area contributed by atoms with E-state index in [1.807, 2.05) is 18.2 Å². The highest BCUT2D eigenvalue weighted by Gasteiger charge is 2.16. The SMILES string of the molecule is COc1ccc(OC)c(CC(CN)c2cc(C)ccc2C)c1. The molecule has 0 aliphatic rings. The first-order valence-corrected chi connectivity index (χ1v) is 7.57. The lowest BCUT2D eigenvalue weighted by atomic mass is 9.88. The van der Waals surface area contributed by atoms with Gasteiger partial charge in [-0.1, -0.05) is 23.8 Å². The Bertz CT molecular complexity index is 637. The number of aryl methyl sites for hydroxylation is 2. The number of hydrogen-bond donors (Lipinski definition) is 1. The third-order valence-corrected chi connectivity index (χ3v) is 4.11. The lowest BCUT2D eigenvalue weighted by Gasteiger charge is -2.20. The van der Waals surface area contributed by atoms with Crippen LogP contribution in [-0.4, -0.2) is 20.8 Å². The first-order chi connectivity index (χ1) is 10.6. The smallest absolute Gasteiger partial charge is 0.122 e. The second-order valence-electron chi connectivity index (χ2n) is 5.67. The Labute approximate surface area is 133 Å². The minimum absolute atomic E-state index is 0.265. The maximum absolute atomic E-state index is 6.06. The largest absolute Gasteiger partial charge is 0.497 e. The van der Waals surface area contributed by atoms with Crippen molar-refractivity contribution >= 4 is 0 Å². The lowest BCUT2D eigenvalue weighted by Crippen LogP contribution is -2.16. The van der Waals surface area contributed by atoms with E-state index in [0.29, 0.717) is 6.54 Å². The van der Waals surface area contributed by atoms with Gasteiger partial charge in [-0.3, -0.25) is 0 Å². The molecule has 3 nitrogen and oxygen atoms in total. The molecule has 0 heterocycles. The Morgan fingerprint density at radius 1 is 1.00 bits per heavy atom. The van der Waals surface area contributed by atoms with Crippen molar-refractivity contribution in [1.29, 1.82) is 0 Å². The van der Waals surface area contributed by atoms with Crippen molar-refractivity contribution in [2.75, 3.05) is 20.8 Å². The van der Waals surface area contributed by atoms with E-state index in [0.717, 1.165) is 23.5 Å². The van der Waals surface area contributed by atoms with Gasteiger partial charge >= 0.3 is 0 Å². The predicted octanol–water partition coefficient (Wildman–Crippen LogP) is 3.61. The predicted molar refractivity (Wildman–Crippen MR) is 91.0 cm³/mol. The first-order valence-electron chi connectivity index (χ1n) is 7.57. The minimum Gasteiger partial charge on any atom is -0.497 e. The van der Waals surface area contributed by atoms with Crippen LogP contribution < -0.4 is 15.2 Å². The van der Waals surface area contributed by atoms with Crippen molar-refractivity contribution in [3.63, 3.8) is 0 Å². The zero-order valence-electron chi connectivity index (χ0n) is 13.8. The van der Waals surface area contributed by atoms with Crippen LogP contribution in [0.3, 0.4) is 0 Å². The summed E-state index contributed by atoms with van der Waals surface area (Å²) in [6.07, 6.45) is 0.834. The summed E-state index contributed by atoms with van der Waals surface area (Å²) < 4.78 is 10.8. The number of ether oxygens (including phenoxy) is 2. The Morgan fingerprint density at radius 2 is 1.77 bits per heavy atom. The van der Waals surface area contributed by atoms with E-state index >= 15 is 0 Å². The number of rotatable bonds is 6. The first kappa shape index (κ1) is 16.4. The Hall–Kier alpha value is -2.00. The van der Waals surface area contributed by atoms with Crippen molar-refractivity contribution in [3.05, 3.63) is 58.7 Å². The van der Waals surface area contributed by atoms with Gasteiger partial charge in [0.2, 0.25) is 0 Å². The average molecular weight is 299 g/mol. The molecule has 22 heavy (non-hydrogen) atoms. The monoisotopic (exact) mass is 299 g/mol. The summed E-state index contributed by atoms with van der Waals surface area (Å²) in [6.45, 7) is 4.85. The summed E-state index contributed by atoms with van der Waals surface area (Å²) in [4.78, 5) is 0. The van der Waals surface area contributed by atoms with Crippen molar-refractivity contribution in [2.45, 2.75) is 26.2 Å². The molecule has 0 bridgehead atoms. The summed E-state index contributed by atoms with van der Waals surface area (Å²) >= 11 is 0. The van der Waals surface area contributed by atoms with Gasteiger partial charge in [0.25, 0.3) is 0 Å². The van der Waals surface area contributed by atoms with Gasteiger partial charge in [0.05, 0.1) is 14.2 Å². The van der Waals surface area contributed by atoms with Gasteiger partial charge in [-0.15, -0.1) is 0 Å². The molecule has 0 saturated heterocycles. The van der Waals surface area contributed by atoms with E-state index in [1.54, 1.807) is 14.2 Å². The van der Waals surface area contributed by atoms with Crippen LogP contribution in [0.5, 0.6) is 11.5 Å². The zero-order chi connectivity index (χ0) is 16.1. The van der Waals surface area contributed by atoms with Gasteiger partial charge in [0.1, 0.15) is 11.5 Å². The van der Waals surface area contributed by atoms with E-state index in [-0.39, 0.29) is 5.92 Å². The zero-order valence-corrected chi connectivity index (χ0v) is 13.8. The lowest BCUT2D eigenvalue weighted by molar-refractivity contribution is 0.397. The van der Waals surface area contributed by atoms with Crippen molar-refractivity contribution in [1.82, 2.24) is 0 Å². The normalized spacial score (nSPS) is 12.0. The fraction of sp³-hybridized carbons (Fsp3) is 0.368. The molecule has 0 aliphatic carbocycles. The molecule has 0 fully saturated rings. The van der Waals surface area contributed by atoms with Crippen LogP contribution in [0, 0.1) is 13.8 Å². The molecule has 2 aromatic rings. The van der Waals surface area contributed by atoms with Crippen LogP contribution in [0.2, 0.25) is 0 Å². The number of methoxy groups -OCH3 is 2. The van der Waals surface area contributed by atoms with Gasteiger partial charge in [-0.2, -0.15) is 0 Å². The molecule has 1 atom stereocenters. The van der Waals surface area contributed by atoms with Crippen LogP contribution in [0.1, 0.15) is 28.2 Å². The number of benzene rings is 2. The molecule has 0 aliphatic heterocycles. The maximum Gasteiger partial charge on any atom is 0.122 e. The summed E-state index contributed by atoms with van der Waals surface area (Å²) in [5.41, 5.74) is 11.0. The maximum atomic E-state index is 6.06. The van der Waals surface area contributed by atoms with Gasteiger partial charge in [-0.25, -0.2) is 0 Å². The van der Waals surface area contributed by atoms with Crippen molar-refractivity contribution < 1.29 is 9.47 Å². The van der Waals surface area contributed by atoms with Crippen molar-refractivity contribution in [3.8, 4) is 11.5 Å². The highest BCUT2D eigenvalue weighted by Crippen LogP contribution is 2.30. The van der Waals surface area contributed by atoms with Crippen LogP contribution in [0.4, 0.5) is 0 Å². The van der Waals surface area contributed by atoms with E-state index < -0.39 is 0 Å². The van der Waals surface area contributed by atoms with Gasteiger partial charge in [0.15, 0.2) is 0 Å². The summed E-state index contributed by atoms with van der Waals surface area (Å²) in [6, 6.07) is 12.4. The fourth-order valence-electron chi connectivity index (χ4n) is 2.83. The molecule has 2 rings (SSSR count). The van der Waals surface area contributed by atoms with E-state index in [1.165, 1.54) is 16.7 Å². The fourth-order valence-corrected chi connectivity index (χ4v) is 2.83. The highest BCUT2D eigenvalue weighted by molar-refractivity contribution is 5.42. The quantitative estimate of drug-likeness (QED) is 0.886. The standard InChI is InChI=1S/C19H25NO2/c1-13-5-6-14(2)18(9-13)16(12-20)10-15-11-17(21-3)7-8-19(15)22-4/h5-9,11,16H,10,12,20H2,1-4H3. The second-order valence-corrected chi connectivity index (χ2v) is 5.67. The Kier molecular flexibility index (Phi) is 5.45. The third-order valence-electron chi connectivity index (χ3n) is 4.11. The molecule has 1 unspecified atom stereocenters. The highest BCUT2D eigenvalue weighted by atomic mass is 16.5. The van der Waals surface area contributed by atoms with E-state index in [9.17, 15) is 0 Å².